The van der Waals surface area contributed by atoms with Crippen molar-refractivity contribution in [3.63, 3.8) is 0 Å². The fraction of sp³-hybridized carbons (Fsp3) is 0.625. The smallest absolute Gasteiger partial charge is 0.0105 e. The number of allylic oxidation sites excluding steroid dienone is 5. The molecular formula is C16H26S. The molecule has 0 aromatic carbocycles. The quantitative estimate of drug-likeness (QED) is 0.543. The zero-order chi connectivity index (χ0) is 12.7. The van der Waals surface area contributed by atoms with E-state index in [1.807, 2.05) is 0 Å². The average Bonchev–Trinajstić information content (AvgIpc) is 2.30. The molecule has 0 N–H and O–H groups in total. The number of rotatable bonds is 6. The van der Waals surface area contributed by atoms with Crippen molar-refractivity contribution >= 4 is 11.8 Å². The van der Waals surface area contributed by atoms with Gasteiger partial charge in [-0.3, -0.25) is 0 Å². The molecule has 0 spiro atoms. The zero-order valence-corrected chi connectivity index (χ0v) is 12.5. The maximum absolute atomic E-state index is 2.34. The van der Waals surface area contributed by atoms with E-state index >= 15 is 0 Å². The molecule has 1 aliphatic rings. The lowest BCUT2D eigenvalue weighted by molar-refractivity contribution is 0.130. The lowest BCUT2D eigenvalue weighted by atomic mass is 9.65. The Kier molecular flexibility index (Phi) is 6.11. The standard InChI is InChI=1S/C16H26S/c1-5-9-11-14(10-6-2)17-15-12-16(7-3,8-4)13-15/h5-6,9-11,15H,7-8,12-13H2,1-4H3/b9-5-,10-6-,14-11+. The van der Waals surface area contributed by atoms with Crippen LogP contribution in [0.4, 0.5) is 0 Å². The lowest BCUT2D eigenvalue weighted by Gasteiger charge is -2.47. The molecule has 0 heterocycles. The van der Waals surface area contributed by atoms with Crippen molar-refractivity contribution < 1.29 is 0 Å². The molecule has 0 aromatic rings. The topological polar surface area (TPSA) is 0 Å². The molecule has 0 radical (unpaired) electrons. The largest absolute Gasteiger partial charge is 0.123 e. The van der Waals surface area contributed by atoms with Crippen LogP contribution in [-0.4, -0.2) is 5.25 Å². The van der Waals surface area contributed by atoms with Gasteiger partial charge in [-0.2, -0.15) is 0 Å². The molecule has 1 aliphatic carbocycles. The van der Waals surface area contributed by atoms with Gasteiger partial charge in [-0.1, -0.05) is 51.0 Å². The molecular weight excluding hydrogens is 224 g/mol. The van der Waals surface area contributed by atoms with Crippen molar-refractivity contribution in [3.05, 3.63) is 35.3 Å². The molecule has 0 aromatic heterocycles. The summed E-state index contributed by atoms with van der Waals surface area (Å²) in [6.07, 6.45) is 16.3. The van der Waals surface area contributed by atoms with Crippen molar-refractivity contribution in [2.75, 3.05) is 0 Å². The van der Waals surface area contributed by atoms with Crippen molar-refractivity contribution in [2.45, 2.75) is 58.6 Å². The average molecular weight is 250 g/mol. The maximum atomic E-state index is 2.34. The zero-order valence-electron chi connectivity index (χ0n) is 11.7. The Morgan fingerprint density at radius 1 is 1.18 bits per heavy atom. The molecule has 0 atom stereocenters. The molecule has 1 rings (SSSR count). The molecule has 1 fully saturated rings. The van der Waals surface area contributed by atoms with E-state index in [4.69, 9.17) is 0 Å². The van der Waals surface area contributed by atoms with Gasteiger partial charge in [0.15, 0.2) is 0 Å². The molecule has 17 heavy (non-hydrogen) atoms. The van der Waals surface area contributed by atoms with Crippen LogP contribution in [0.3, 0.4) is 0 Å². The summed E-state index contributed by atoms with van der Waals surface area (Å²) in [4.78, 5) is 1.40. The van der Waals surface area contributed by atoms with Gasteiger partial charge in [-0.25, -0.2) is 0 Å². The van der Waals surface area contributed by atoms with Crippen LogP contribution in [0.2, 0.25) is 0 Å². The minimum absolute atomic E-state index is 0.666. The molecule has 0 unspecified atom stereocenters. The van der Waals surface area contributed by atoms with E-state index in [0.717, 1.165) is 5.25 Å². The summed E-state index contributed by atoms with van der Waals surface area (Å²) in [6, 6.07) is 0. The van der Waals surface area contributed by atoms with Gasteiger partial charge in [0.1, 0.15) is 0 Å². The van der Waals surface area contributed by atoms with Gasteiger partial charge in [0.25, 0.3) is 0 Å². The molecule has 0 nitrogen and oxygen atoms in total. The van der Waals surface area contributed by atoms with E-state index in [0.29, 0.717) is 5.41 Å². The second-order valence-electron chi connectivity index (χ2n) is 4.95. The van der Waals surface area contributed by atoms with E-state index in [-0.39, 0.29) is 0 Å². The Morgan fingerprint density at radius 2 is 1.82 bits per heavy atom. The maximum Gasteiger partial charge on any atom is 0.0105 e. The van der Waals surface area contributed by atoms with Gasteiger partial charge in [0.05, 0.1) is 0 Å². The summed E-state index contributed by atoms with van der Waals surface area (Å²) in [6.45, 7) is 8.84. The van der Waals surface area contributed by atoms with Crippen LogP contribution in [0, 0.1) is 5.41 Å². The molecule has 1 saturated carbocycles. The van der Waals surface area contributed by atoms with Crippen molar-refractivity contribution in [3.8, 4) is 0 Å². The molecule has 0 aliphatic heterocycles. The van der Waals surface area contributed by atoms with Crippen LogP contribution >= 0.6 is 11.8 Å². The highest BCUT2D eigenvalue weighted by Gasteiger charge is 2.41. The Balaban J connectivity index is 2.50. The summed E-state index contributed by atoms with van der Waals surface area (Å²) in [5, 5.41) is 0.836. The number of hydrogen-bond acceptors (Lipinski definition) is 1. The third kappa shape index (κ3) is 4.06. The summed E-state index contributed by atoms with van der Waals surface area (Å²) >= 11 is 2.05. The van der Waals surface area contributed by atoms with E-state index < -0.39 is 0 Å². The molecule has 0 amide bonds. The highest BCUT2D eigenvalue weighted by atomic mass is 32.2. The van der Waals surface area contributed by atoms with Gasteiger partial charge < -0.3 is 0 Å². The van der Waals surface area contributed by atoms with Crippen LogP contribution in [0.15, 0.2) is 35.3 Å². The van der Waals surface area contributed by atoms with Crippen molar-refractivity contribution in [1.82, 2.24) is 0 Å². The highest BCUT2D eigenvalue weighted by molar-refractivity contribution is 8.03. The van der Waals surface area contributed by atoms with E-state index in [1.54, 1.807) is 0 Å². The molecule has 0 saturated heterocycles. The third-order valence-electron chi connectivity index (χ3n) is 3.91. The predicted molar refractivity (Wildman–Crippen MR) is 81.3 cm³/mol. The van der Waals surface area contributed by atoms with Gasteiger partial charge >= 0.3 is 0 Å². The Bertz CT molecular complexity index is 297. The SMILES string of the molecule is C\C=C/C=C(\C=C/C)SC1CC(CC)(CC)C1. The van der Waals surface area contributed by atoms with Crippen LogP contribution in [0.1, 0.15) is 53.4 Å². The van der Waals surface area contributed by atoms with Crippen LogP contribution in [-0.2, 0) is 0 Å². The Hall–Kier alpha value is -0.430. The summed E-state index contributed by atoms with van der Waals surface area (Å²) in [5.41, 5.74) is 0.666. The fourth-order valence-electron chi connectivity index (χ4n) is 2.50. The van der Waals surface area contributed by atoms with Crippen molar-refractivity contribution in [1.29, 1.82) is 0 Å². The normalized spacial score (nSPS) is 21.3. The number of thioether (sulfide) groups is 1. The first-order valence-electron chi connectivity index (χ1n) is 6.82. The summed E-state index contributed by atoms with van der Waals surface area (Å²) in [5.74, 6) is 0. The van der Waals surface area contributed by atoms with Crippen LogP contribution in [0.5, 0.6) is 0 Å². The first kappa shape index (κ1) is 14.6. The van der Waals surface area contributed by atoms with Crippen LogP contribution < -0.4 is 0 Å². The lowest BCUT2D eigenvalue weighted by Crippen LogP contribution is -2.38. The van der Waals surface area contributed by atoms with E-state index in [1.165, 1.54) is 30.6 Å². The number of hydrogen-bond donors (Lipinski definition) is 0. The minimum Gasteiger partial charge on any atom is -0.123 e. The monoisotopic (exact) mass is 250 g/mol. The summed E-state index contributed by atoms with van der Waals surface area (Å²) in [7, 11) is 0. The van der Waals surface area contributed by atoms with Gasteiger partial charge in [-0.15, -0.1) is 11.8 Å². The predicted octanol–water partition coefficient (Wildman–Crippen LogP) is 5.72. The second kappa shape index (κ2) is 7.10. The van der Waals surface area contributed by atoms with Crippen LogP contribution in [0.25, 0.3) is 0 Å². The third-order valence-corrected chi connectivity index (χ3v) is 5.12. The second-order valence-corrected chi connectivity index (χ2v) is 6.32. The van der Waals surface area contributed by atoms with Gasteiger partial charge in [0, 0.05) is 10.2 Å². The highest BCUT2D eigenvalue weighted by Crippen LogP contribution is 2.53. The minimum atomic E-state index is 0.666. The molecule has 96 valence electrons. The molecule has 0 bridgehead atoms. The first-order valence-corrected chi connectivity index (χ1v) is 7.70. The van der Waals surface area contributed by atoms with E-state index in [2.05, 4.69) is 69.8 Å². The summed E-state index contributed by atoms with van der Waals surface area (Å²) < 4.78 is 0. The molecule has 1 heteroatoms. The Labute approximate surface area is 111 Å². The fourth-order valence-corrected chi connectivity index (χ4v) is 4.13. The van der Waals surface area contributed by atoms with Gasteiger partial charge in [0.2, 0.25) is 0 Å². The van der Waals surface area contributed by atoms with E-state index in [9.17, 15) is 0 Å². The first-order chi connectivity index (χ1) is 8.19. The van der Waals surface area contributed by atoms with Crippen molar-refractivity contribution in [2.24, 2.45) is 5.41 Å². The van der Waals surface area contributed by atoms with Gasteiger partial charge in [-0.05, 0) is 38.2 Å². The Morgan fingerprint density at radius 3 is 2.29 bits per heavy atom.